The Kier molecular flexibility index (Phi) is 18.1. The van der Waals surface area contributed by atoms with E-state index in [2.05, 4.69) is 6.92 Å². The first-order valence-corrected chi connectivity index (χ1v) is 11.3. The molecular formula is C22H44O6. The van der Waals surface area contributed by atoms with Crippen molar-refractivity contribution in [1.82, 2.24) is 0 Å². The summed E-state index contributed by atoms with van der Waals surface area (Å²) in [6.07, 6.45) is 10.9. The highest BCUT2D eigenvalue weighted by atomic mass is 16.4. The number of rotatable bonds is 20. The Morgan fingerprint density at radius 2 is 0.964 bits per heavy atom. The molecule has 0 radical (unpaired) electrons. The van der Waals surface area contributed by atoms with Crippen LogP contribution in [0.4, 0.5) is 0 Å². The highest BCUT2D eigenvalue weighted by molar-refractivity contribution is 5.88. The second-order valence-corrected chi connectivity index (χ2v) is 7.99. The Morgan fingerprint density at radius 1 is 0.607 bits per heavy atom. The Morgan fingerprint density at radius 3 is 1.36 bits per heavy atom. The first-order chi connectivity index (χ1) is 13.5. The van der Waals surface area contributed by atoms with E-state index in [0.717, 1.165) is 19.3 Å². The molecule has 0 amide bonds. The van der Waals surface area contributed by atoms with E-state index in [4.69, 9.17) is 5.11 Å². The van der Waals surface area contributed by atoms with Gasteiger partial charge in [-0.1, -0.05) is 96.8 Å². The van der Waals surface area contributed by atoms with Gasteiger partial charge >= 0.3 is 0 Å². The highest BCUT2D eigenvalue weighted by Gasteiger charge is 2.32. The van der Waals surface area contributed by atoms with E-state index in [1.165, 1.54) is 64.2 Å². The first-order valence-electron chi connectivity index (χ1n) is 11.3. The molecule has 0 aromatic heterocycles. The summed E-state index contributed by atoms with van der Waals surface area (Å²) in [5.74, 6) is -1.06. The molecule has 0 heterocycles. The topological polar surface area (TPSA) is 118 Å². The zero-order valence-corrected chi connectivity index (χ0v) is 17.8. The fourth-order valence-corrected chi connectivity index (χ4v) is 3.36. The standard InChI is InChI=1S/C22H44O6/c1-2-3-4-5-6-7-8-9-10-11-12-13-14-15-16-18(24)20(26)22(28)21(27)19(25)17-23/h18-21,23-27H,2-17H2,1H3/t18?,19-,20+,21-/m1/s1. The predicted molar refractivity (Wildman–Crippen MR) is 111 cm³/mol. The molecule has 0 aliphatic carbocycles. The molecule has 1 unspecified atom stereocenters. The summed E-state index contributed by atoms with van der Waals surface area (Å²) in [5, 5.41) is 47.0. The number of ketones is 1. The minimum atomic E-state index is -1.88. The number of carbonyl (C=O) groups excluding carboxylic acids is 1. The van der Waals surface area contributed by atoms with Crippen molar-refractivity contribution in [3.8, 4) is 0 Å². The number of carbonyl (C=O) groups is 1. The third kappa shape index (κ3) is 13.6. The third-order valence-electron chi connectivity index (χ3n) is 5.35. The molecule has 6 nitrogen and oxygen atoms in total. The summed E-state index contributed by atoms with van der Waals surface area (Å²) in [6, 6.07) is 0. The summed E-state index contributed by atoms with van der Waals surface area (Å²) in [4.78, 5) is 11.7. The van der Waals surface area contributed by atoms with Crippen LogP contribution in [0.5, 0.6) is 0 Å². The Labute approximate surface area is 171 Å². The minimum absolute atomic E-state index is 0.271. The number of aliphatic hydroxyl groups is 5. The van der Waals surface area contributed by atoms with Crippen LogP contribution in [-0.4, -0.2) is 62.3 Å². The van der Waals surface area contributed by atoms with E-state index in [9.17, 15) is 25.2 Å². The summed E-state index contributed by atoms with van der Waals surface area (Å²) < 4.78 is 0. The summed E-state index contributed by atoms with van der Waals surface area (Å²) in [6.45, 7) is 1.46. The molecule has 0 fully saturated rings. The van der Waals surface area contributed by atoms with Crippen LogP contribution in [-0.2, 0) is 4.79 Å². The second-order valence-electron chi connectivity index (χ2n) is 7.99. The van der Waals surface area contributed by atoms with Gasteiger partial charge < -0.3 is 25.5 Å². The van der Waals surface area contributed by atoms with Crippen molar-refractivity contribution in [3.05, 3.63) is 0 Å². The molecule has 4 atom stereocenters. The SMILES string of the molecule is CCCCCCCCCCCCCCCCC(O)[C@H](O)C(=O)[C@H](O)[C@H](O)CO. The van der Waals surface area contributed by atoms with Crippen LogP contribution in [0, 0.1) is 0 Å². The summed E-state index contributed by atoms with van der Waals surface area (Å²) in [7, 11) is 0. The van der Waals surface area contributed by atoms with Gasteiger partial charge in [0, 0.05) is 0 Å². The lowest BCUT2D eigenvalue weighted by atomic mass is 9.97. The Bertz CT molecular complexity index is 363. The van der Waals surface area contributed by atoms with Crippen LogP contribution in [0.25, 0.3) is 0 Å². The number of aliphatic hydroxyl groups excluding tert-OH is 5. The normalized spacial score (nSPS) is 15.9. The molecule has 0 aromatic rings. The van der Waals surface area contributed by atoms with Crippen LogP contribution in [0.2, 0.25) is 0 Å². The van der Waals surface area contributed by atoms with Crippen molar-refractivity contribution in [1.29, 1.82) is 0 Å². The van der Waals surface area contributed by atoms with Gasteiger partial charge in [0.05, 0.1) is 12.7 Å². The zero-order chi connectivity index (χ0) is 21.2. The molecule has 0 saturated carbocycles. The molecular weight excluding hydrogens is 360 g/mol. The smallest absolute Gasteiger partial charge is 0.195 e. The predicted octanol–water partition coefficient (Wildman–Crippen LogP) is 2.86. The fourth-order valence-electron chi connectivity index (χ4n) is 3.36. The second kappa shape index (κ2) is 18.5. The maximum Gasteiger partial charge on any atom is 0.195 e. The van der Waals surface area contributed by atoms with Gasteiger partial charge in [-0.15, -0.1) is 0 Å². The maximum atomic E-state index is 11.7. The Hall–Kier alpha value is -0.530. The molecule has 0 bridgehead atoms. The molecule has 6 heteroatoms. The first kappa shape index (κ1) is 27.5. The lowest BCUT2D eigenvalue weighted by Gasteiger charge is -2.21. The number of Topliss-reactive ketones (excluding diaryl/α,β-unsaturated/α-hetero) is 1. The average molecular weight is 405 g/mol. The average Bonchev–Trinajstić information content (AvgIpc) is 2.71. The van der Waals surface area contributed by atoms with Crippen LogP contribution >= 0.6 is 0 Å². The molecule has 0 saturated heterocycles. The van der Waals surface area contributed by atoms with E-state index >= 15 is 0 Å². The molecule has 168 valence electrons. The molecule has 0 rings (SSSR count). The minimum Gasteiger partial charge on any atom is -0.394 e. The van der Waals surface area contributed by atoms with Crippen molar-refractivity contribution in [2.75, 3.05) is 6.61 Å². The third-order valence-corrected chi connectivity index (χ3v) is 5.35. The van der Waals surface area contributed by atoms with Crippen LogP contribution in [0.15, 0.2) is 0 Å². The van der Waals surface area contributed by atoms with Crippen molar-refractivity contribution >= 4 is 5.78 Å². The van der Waals surface area contributed by atoms with Gasteiger partial charge in [-0.3, -0.25) is 4.79 Å². The van der Waals surface area contributed by atoms with Crippen LogP contribution < -0.4 is 0 Å². The van der Waals surface area contributed by atoms with E-state index in [-0.39, 0.29) is 6.42 Å². The molecule has 28 heavy (non-hydrogen) atoms. The van der Waals surface area contributed by atoms with Gasteiger partial charge in [-0.25, -0.2) is 0 Å². The maximum absolute atomic E-state index is 11.7. The van der Waals surface area contributed by atoms with Gasteiger partial charge in [0.15, 0.2) is 5.78 Å². The number of hydrogen-bond donors (Lipinski definition) is 5. The zero-order valence-electron chi connectivity index (χ0n) is 17.8. The van der Waals surface area contributed by atoms with Gasteiger partial charge in [-0.2, -0.15) is 0 Å². The van der Waals surface area contributed by atoms with Crippen LogP contribution in [0.1, 0.15) is 103 Å². The highest BCUT2D eigenvalue weighted by Crippen LogP contribution is 2.15. The summed E-state index contributed by atoms with van der Waals surface area (Å²) in [5.41, 5.74) is 0. The Balaban J connectivity index is 3.54. The van der Waals surface area contributed by atoms with E-state index in [0.29, 0.717) is 6.42 Å². The molecule has 5 N–H and O–H groups in total. The van der Waals surface area contributed by atoms with Crippen molar-refractivity contribution < 1.29 is 30.3 Å². The van der Waals surface area contributed by atoms with Gasteiger partial charge in [-0.05, 0) is 6.42 Å². The fraction of sp³-hybridized carbons (Fsp3) is 0.955. The monoisotopic (exact) mass is 404 g/mol. The van der Waals surface area contributed by atoms with Crippen molar-refractivity contribution in [3.63, 3.8) is 0 Å². The number of hydrogen-bond acceptors (Lipinski definition) is 6. The van der Waals surface area contributed by atoms with Crippen molar-refractivity contribution in [2.45, 2.75) is 128 Å². The molecule has 0 aromatic carbocycles. The van der Waals surface area contributed by atoms with E-state index < -0.39 is 36.8 Å². The number of unbranched alkanes of at least 4 members (excludes halogenated alkanes) is 13. The largest absolute Gasteiger partial charge is 0.394 e. The summed E-state index contributed by atoms with van der Waals surface area (Å²) >= 11 is 0. The van der Waals surface area contributed by atoms with E-state index in [1.807, 2.05) is 0 Å². The lowest BCUT2D eigenvalue weighted by Crippen LogP contribution is -2.46. The van der Waals surface area contributed by atoms with Gasteiger partial charge in [0.25, 0.3) is 0 Å². The van der Waals surface area contributed by atoms with Gasteiger partial charge in [0.1, 0.15) is 18.3 Å². The molecule has 0 aliphatic rings. The molecule has 0 aliphatic heterocycles. The lowest BCUT2D eigenvalue weighted by molar-refractivity contribution is -0.149. The quantitative estimate of drug-likeness (QED) is 0.199. The van der Waals surface area contributed by atoms with Crippen molar-refractivity contribution in [2.24, 2.45) is 0 Å². The van der Waals surface area contributed by atoms with Crippen LogP contribution in [0.3, 0.4) is 0 Å². The van der Waals surface area contributed by atoms with Gasteiger partial charge in [0.2, 0.25) is 0 Å². The molecule has 0 spiro atoms. The van der Waals surface area contributed by atoms with E-state index in [1.54, 1.807) is 0 Å².